The molecule has 0 radical (unpaired) electrons. The van der Waals surface area contributed by atoms with Crippen molar-refractivity contribution in [3.05, 3.63) is 35.9 Å². The summed E-state index contributed by atoms with van der Waals surface area (Å²) in [5.74, 6) is -0.212. The van der Waals surface area contributed by atoms with E-state index >= 15 is 0 Å². The zero-order chi connectivity index (χ0) is 13.5. The summed E-state index contributed by atoms with van der Waals surface area (Å²) in [6, 6.07) is 9.31. The molecule has 0 aliphatic carbocycles. The van der Waals surface area contributed by atoms with Gasteiger partial charge in [0.1, 0.15) is 6.04 Å². The average molecular weight is 248 g/mol. The lowest BCUT2D eigenvalue weighted by atomic mass is 10.1. The Morgan fingerprint density at radius 2 is 1.89 bits per heavy atom. The Bertz CT molecular complexity index is 404. The standard InChI is InChI=1S/C14H20N2O2/c1-4-13(16(3)11(2)17)14(18)15-10-12-8-6-5-7-9-12/h5-9,13H,4,10H2,1-3H3,(H,15,18)/t13-/m1/s1. The average Bonchev–Trinajstić information content (AvgIpc) is 2.38. The molecule has 1 atom stereocenters. The molecule has 0 aliphatic rings. The van der Waals surface area contributed by atoms with Crippen molar-refractivity contribution in [1.29, 1.82) is 0 Å². The molecule has 4 nitrogen and oxygen atoms in total. The highest BCUT2D eigenvalue weighted by Crippen LogP contribution is 2.04. The number of amides is 2. The van der Waals surface area contributed by atoms with Crippen LogP contribution < -0.4 is 5.32 Å². The van der Waals surface area contributed by atoms with Crippen molar-refractivity contribution >= 4 is 11.8 Å². The zero-order valence-electron chi connectivity index (χ0n) is 11.1. The van der Waals surface area contributed by atoms with Crippen LogP contribution in [-0.4, -0.2) is 29.8 Å². The number of carbonyl (C=O) groups excluding carboxylic acids is 2. The van der Waals surface area contributed by atoms with Crippen molar-refractivity contribution in [3.63, 3.8) is 0 Å². The van der Waals surface area contributed by atoms with Crippen molar-refractivity contribution < 1.29 is 9.59 Å². The molecule has 1 aromatic carbocycles. The van der Waals surface area contributed by atoms with E-state index in [1.807, 2.05) is 37.3 Å². The van der Waals surface area contributed by atoms with Crippen LogP contribution in [0.15, 0.2) is 30.3 Å². The maximum absolute atomic E-state index is 12.0. The fourth-order valence-electron chi connectivity index (χ4n) is 1.76. The van der Waals surface area contributed by atoms with Gasteiger partial charge in [0.25, 0.3) is 0 Å². The van der Waals surface area contributed by atoms with Crippen molar-refractivity contribution in [2.24, 2.45) is 0 Å². The summed E-state index contributed by atoms with van der Waals surface area (Å²) in [7, 11) is 1.65. The molecule has 98 valence electrons. The minimum Gasteiger partial charge on any atom is -0.350 e. The Balaban J connectivity index is 2.56. The first-order valence-electron chi connectivity index (χ1n) is 6.11. The van der Waals surface area contributed by atoms with Crippen LogP contribution in [0.5, 0.6) is 0 Å². The predicted molar refractivity (Wildman–Crippen MR) is 70.8 cm³/mol. The van der Waals surface area contributed by atoms with E-state index in [0.717, 1.165) is 5.56 Å². The molecule has 1 rings (SSSR count). The normalized spacial score (nSPS) is 11.7. The number of nitrogens with one attached hydrogen (secondary N) is 1. The fourth-order valence-corrected chi connectivity index (χ4v) is 1.76. The number of nitrogens with zero attached hydrogens (tertiary/aromatic N) is 1. The highest BCUT2D eigenvalue weighted by Gasteiger charge is 2.22. The lowest BCUT2D eigenvalue weighted by molar-refractivity contribution is -0.137. The minimum absolute atomic E-state index is 0.100. The predicted octanol–water partition coefficient (Wildman–Crippen LogP) is 1.56. The largest absolute Gasteiger partial charge is 0.350 e. The Hall–Kier alpha value is -1.84. The summed E-state index contributed by atoms with van der Waals surface area (Å²) in [5.41, 5.74) is 1.05. The molecule has 1 N–H and O–H groups in total. The Kier molecular flexibility index (Phi) is 5.36. The molecule has 2 amide bonds. The van der Waals surface area contributed by atoms with E-state index in [9.17, 15) is 9.59 Å². The molecule has 1 aromatic rings. The summed E-state index contributed by atoms with van der Waals surface area (Å²) < 4.78 is 0. The van der Waals surface area contributed by atoms with Crippen molar-refractivity contribution in [1.82, 2.24) is 10.2 Å². The lowest BCUT2D eigenvalue weighted by Gasteiger charge is -2.25. The number of rotatable bonds is 5. The third-order valence-corrected chi connectivity index (χ3v) is 2.96. The topological polar surface area (TPSA) is 49.4 Å². The molecule has 0 heterocycles. The van der Waals surface area contributed by atoms with E-state index in [4.69, 9.17) is 0 Å². The number of likely N-dealkylation sites (N-methyl/N-ethyl adjacent to an activating group) is 1. The molecule has 18 heavy (non-hydrogen) atoms. The molecule has 0 bridgehead atoms. The van der Waals surface area contributed by atoms with Gasteiger partial charge in [-0.2, -0.15) is 0 Å². The van der Waals surface area contributed by atoms with Gasteiger partial charge in [-0.05, 0) is 12.0 Å². The van der Waals surface area contributed by atoms with E-state index in [1.165, 1.54) is 11.8 Å². The van der Waals surface area contributed by atoms with Gasteiger partial charge < -0.3 is 10.2 Å². The van der Waals surface area contributed by atoms with Gasteiger partial charge in [-0.1, -0.05) is 37.3 Å². The quantitative estimate of drug-likeness (QED) is 0.859. The van der Waals surface area contributed by atoms with Crippen LogP contribution in [0.3, 0.4) is 0 Å². The van der Waals surface area contributed by atoms with E-state index in [2.05, 4.69) is 5.32 Å². The van der Waals surface area contributed by atoms with Gasteiger partial charge in [-0.15, -0.1) is 0 Å². The summed E-state index contributed by atoms with van der Waals surface area (Å²) >= 11 is 0. The van der Waals surface area contributed by atoms with E-state index < -0.39 is 6.04 Å². The second-order valence-corrected chi connectivity index (χ2v) is 4.26. The maximum Gasteiger partial charge on any atom is 0.243 e. The van der Waals surface area contributed by atoms with Gasteiger partial charge in [0.05, 0.1) is 0 Å². The van der Waals surface area contributed by atoms with Crippen LogP contribution in [0.2, 0.25) is 0 Å². The van der Waals surface area contributed by atoms with Crippen LogP contribution in [-0.2, 0) is 16.1 Å². The molecular formula is C14H20N2O2. The van der Waals surface area contributed by atoms with Gasteiger partial charge in [-0.3, -0.25) is 9.59 Å². The highest BCUT2D eigenvalue weighted by molar-refractivity contribution is 5.86. The summed E-state index contributed by atoms with van der Waals surface area (Å²) in [6.45, 7) is 3.85. The van der Waals surface area contributed by atoms with Gasteiger partial charge >= 0.3 is 0 Å². The molecule has 0 saturated carbocycles. The first-order valence-corrected chi connectivity index (χ1v) is 6.11. The fraction of sp³-hybridized carbons (Fsp3) is 0.429. The van der Waals surface area contributed by atoms with Gasteiger partial charge in [-0.25, -0.2) is 0 Å². The number of benzene rings is 1. The van der Waals surface area contributed by atoms with Gasteiger partial charge in [0.2, 0.25) is 11.8 Å². The summed E-state index contributed by atoms with van der Waals surface area (Å²) in [6.07, 6.45) is 0.608. The second-order valence-electron chi connectivity index (χ2n) is 4.26. The number of hydrogen-bond donors (Lipinski definition) is 1. The van der Waals surface area contributed by atoms with Crippen LogP contribution in [0.1, 0.15) is 25.8 Å². The van der Waals surface area contributed by atoms with E-state index in [-0.39, 0.29) is 11.8 Å². The molecule has 0 aliphatic heterocycles. The third kappa shape index (κ3) is 3.87. The Labute approximate surface area is 108 Å². The second kappa shape index (κ2) is 6.79. The third-order valence-electron chi connectivity index (χ3n) is 2.96. The number of hydrogen-bond acceptors (Lipinski definition) is 2. The van der Waals surface area contributed by atoms with Crippen molar-refractivity contribution in [3.8, 4) is 0 Å². The van der Waals surface area contributed by atoms with Gasteiger partial charge in [0, 0.05) is 20.5 Å². The number of carbonyl (C=O) groups is 2. The van der Waals surface area contributed by atoms with E-state index in [0.29, 0.717) is 13.0 Å². The molecule has 0 saturated heterocycles. The molecule has 4 heteroatoms. The maximum atomic E-state index is 12.0. The minimum atomic E-state index is -0.397. The zero-order valence-corrected chi connectivity index (χ0v) is 11.1. The Morgan fingerprint density at radius 3 is 2.39 bits per heavy atom. The van der Waals surface area contributed by atoms with Crippen molar-refractivity contribution in [2.45, 2.75) is 32.9 Å². The van der Waals surface area contributed by atoms with Crippen LogP contribution in [0, 0.1) is 0 Å². The lowest BCUT2D eigenvalue weighted by Crippen LogP contribution is -2.46. The monoisotopic (exact) mass is 248 g/mol. The summed E-state index contributed by atoms with van der Waals surface area (Å²) in [5, 5.41) is 2.85. The SMILES string of the molecule is CC[C@H](C(=O)NCc1ccccc1)N(C)C(C)=O. The van der Waals surface area contributed by atoms with Crippen molar-refractivity contribution in [2.75, 3.05) is 7.05 Å². The molecule has 0 aromatic heterocycles. The first-order chi connectivity index (χ1) is 8.56. The molecular weight excluding hydrogens is 228 g/mol. The molecule has 0 fully saturated rings. The first kappa shape index (κ1) is 14.2. The highest BCUT2D eigenvalue weighted by atomic mass is 16.2. The molecule has 0 spiro atoms. The van der Waals surface area contributed by atoms with Crippen LogP contribution >= 0.6 is 0 Å². The smallest absolute Gasteiger partial charge is 0.243 e. The summed E-state index contributed by atoms with van der Waals surface area (Å²) in [4.78, 5) is 24.7. The van der Waals surface area contributed by atoms with Gasteiger partial charge in [0.15, 0.2) is 0 Å². The molecule has 0 unspecified atom stereocenters. The van der Waals surface area contributed by atoms with Crippen LogP contribution in [0.4, 0.5) is 0 Å². The van der Waals surface area contributed by atoms with Crippen LogP contribution in [0.25, 0.3) is 0 Å². The van der Waals surface area contributed by atoms with E-state index in [1.54, 1.807) is 7.05 Å². The Morgan fingerprint density at radius 1 is 1.28 bits per heavy atom.